The number of aryl methyl sites for hydroxylation is 1. The van der Waals surface area contributed by atoms with E-state index in [4.69, 9.17) is 14.2 Å². The summed E-state index contributed by atoms with van der Waals surface area (Å²) in [4.78, 5) is 50.6. The minimum Gasteiger partial charge on any atom is -0.491 e. The van der Waals surface area contributed by atoms with Crippen LogP contribution in [0.25, 0.3) is 0 Å². The van der Waals surface area contributed by atoms with Crippen molar-refractivity contribution >= 4 is 29.3 Å². The second kappa shape index (κ2) is 12.0. The van der Waals surface area contributed by atoms with Gasteiger partial charge in [-0.3, -0.25) is 29.4 Å². The van der Waals surface area contributed by atoms with E-state index in [-0.39, 0.29) is 24.0 Å². The summed E-state index contributed by atoms with van der Waals surface area (Å²) in [5, 5.41) is 5.33. The molecule has 10 heteroatoms. The van der Waals surface area contributed by atoms with Crippen LogP contribution >= 0.6 is 0 Å². The summed E-state index contributed by atoms with van der Waals surface area (Å²) in [5.74, 6) is -1.26. The van der Waals surface area contributed by atoms with E-state index in [0.717, 1.165) is 16.2 Å². The van der Waals surface area contributed by atoms with Crippen molar-refractivity contribution in [2.45, 2.75) is 32.7 Å². The molecular weight excluding hydrogens is 478 g/mol. The van der Waals surface area contributed by atoms with E-state index in [9.17, 15) is 19.2 Å². The van der Waals surface area contributed by atoms with E-state index >= 15 is 0 Å². The Labute approximate surface area is 215 Å². The van der Waals surface area contributed by atoms with Crippen LogP contribution in [0, 0.1) is 13.8 Å². The van der Waals surface area contributed by atoms with Crippen molar-refractivity contribution in [2.75, 3.05) is 44.9 Å². The standard InChI is InChI=1S/C27H31N3O7/c1-17-5-3-8-22(18(17)2)37-16-15-36-14-13-35-12-11-28-20-7-4-6-19-24(20)27(34)30(26(19)33)21-9-10-23(31)29-25(21)32/h3-8,21,28H,9-16H2,1-2H3,(H,29,31,32). The van der Waals surface area contributed by atoms with Crippen molar-refractivity contribution in [3.63, 3.8) is 0 Å². The normalized spacial score (nSPS) is 17.1. The van der Waals surface area contributed by atoms with Gasteiger partial charge in [0.2, 0.25) is 11.8 Å². The van der Waals surface area contributed by atoms with Gasteiger partial charge in [-0.15, -0.1) is 0 Å². The number of carbonyl (C=O) groups is 4. The summed E-state index contributed by atoms with van der Waals surface area (Å²) < 4.78 is 16.9. The molecule has 1 saturated heterocycles. The van der Waals surface area contributed by atoms with Gasteiger partial charge in [-0.05, 0) is 49.6 Å². The van der Waals surface area contributed by atoms with E-state index in [0.29, 0.717) is 45.3 Å². The Morgan fingerprint density at radius 1 is 0.919 bits per heavy atom. The topological polar surface area (TPSA) is 123 Å². The van der Waals surface area contributed by atoms with Gasteiger partial charge < -0.3 is 19.5 Å². The van der Waals surface area contributed by atoms with Crippen molar-refractivity contribution in [1.29, 1.82) is 0 Å². The van der Waals surface area contributed by atoms with E-state index < -0.39 is 29.7 Å². The predicted octanol–water partition coefficient (Wildman–Crippen LogP) is 2.23. The number of amides is 4. The summed E-state index contributed by atoms with van der Waals surface area (Å²) >= 11 is 0. The molecule has 0 bridgehead atoms. The van der Waals surface area contributed by atoms with Gasteiger partial charge in [0.05, 0.1) is 37.6 Å². The SMILES string of the molecule is Cc1cccc(OCCOCCOCCNc2cccc3c2C(=O)N(C2CCC(=O)NC2=O)C3=O)c1C. The molecule has 10 nitrogen and oxygen atoms in total. The summed E-state index contributed by atoms with van der Waals surface area (Å²) in [6.45, 7) is 6.57. The van der Waals surface area contributed by atoms with Gasteiger partial charge in [-0.25, -0.2) is 0 Å². The summed E-state index contributed by atoms with van der Waals surface area (Å²) in [7, 11) is 0. The molecule has 196 valence electrons. The number of carbonyl (C=O) groups excluding carboxylic acids is 4. The van der Waals surface area contributed by atoms with Crippen LogP contribution in [0.15, 0.2) is 36.4 Å². The van der Waals surface area contributed by atoms with E-state index in [1.54, 1.807) is 18.2 Å². The highest BCUT2D eigenvalue weighted by molar-refractivity contribution is 6.25. The molecule has 4 rings (SSSR count). The van der Waals surface area contributed by atoms with Crippen LogP contribution in [0.2, 0.25) is 0 Å². The Hall–Kier alpha value is -3.76. The molecule has 1 unspecified atom stereocenters. The van der Waals surface area contributed by atoms with Crippen LogP contribution < -0.4 is 15.4 Å². The number of hydrogen-bond acceptors (Lipinski definition) is 8. The highest BCUT2D eigenvalue weighted by Crippen LogP contribution is 2.32. The molecular formula is C27H31N3O7. The molecule has 2 aliphatic rings. The van der Waals surface area contributed by atoms with Gasteiger partial charge in [0.25, 0.3) is 11.8 Å². The number of rotatable bonds is 12. The van der Waals surface area contributed by atoms with E-state index in [1.807, 2.05) is 32.0 Å². The second-order valence-corrected chi connectivity index (χ2v) is 8.87. The molecule has 0 radical (unpaired) electrons. The lowest BCUT2D eigenvalue weighted by atomic mass is 10.0. The molecule has 1 atom stereocenters. The molecule has 0 saturated carbocycles. The number of ether oxygens (including phenoxy) is 3. The molecule has 2 aromatic rings. The number of benzene rings is 2. The zero-order chi connectivity index (χ0) is 26.4. The maximum Gasteiger partial charge on any atom is 0.264 e. The fourth-order valence-electron chi connectivity index (χ4n) is 4.33. The van der Waals surface area contributed by atoms with Gasteiger partial charge in [-0.2, -0.15) is 0 Å². The highest BCUT2D eigenvalue weighted by atomic mass is 16.5. The number of anilines is 1. The lowest BCUT2D eigenvalue weighted by Crippen LogP contribution is -2.54. The third-order valence-electron chi connectivity index (χ3n) is 6.44. The van der Waals surface area contributed by atoms with Crippen molar-refractivity contribution in [1.82, 2.24) is 10.2 Å². The fraction of sp³-hybridized carbons (Fsp3) is 0.407. The molecule has 2 aliphatic heterocycles. The number of fused-ring (bicyclic) bond motifs is 1. The van der Waals surface area contributed by atoms with Crippen LogP contribution in [-0.4, -0.2) is 74.1 Å². The molecule has 0 aliphatic carbocycles. The van der Waals surface area contributed by atoms with Crippen molar-refractivity contribution in [3.05, 3.63) is 58.7 Å². The van der Waals surface area contributed by atoms with Gasteiger partial charge in [-0.1, -0.05) is 18.2 Å². The van der Waals surface area contributed by atoms with Crippen LogP contribution in [0.3, 0.4) is 0 Å². The monoisotopic (exact) mass is 509 g/mol. The molecule has 2 N–H and O–H groups in total. The van der Waals surface area contributed by atoms with E-state index in [1.165, 1.54) is 5.56 Å². The van der Waals surface area contributed by atoms with Gasteiger partial charge in [0.15, 0.2) is 0 Å². The average Bonchev–Trinajstić information content (AvgIpc) is 3.13. The van der Waals surface area contributed by atoms with Crippen LogP contribution in [0.4, 0.5) is 5.69 Å². The number of hydrogen-bond donors (Lipinski definition) is 2. The minimum absolute atomic E-state index is 0.0788. The number of nitrogens with zero attached hydrogens (tertiary/aromatic N) is 1. The maximum absolute atomic E-state index is 13.1. The summed E-state index contributed by atoms with van der Waals surface area (Å²) in [6, 6.07) is 9.90. The van der Waals surface area contributed by atoms with Crippen molar-refractivity contribution < 1.29 is 33.4 Å². The minimum atomic E-state index is -0.993. The fourth-order valence-corrected chi connectivity index (χ4v) is 4.33. The summed E-state index contributed by atoms with van der Waals surface area (Å²) in [5.41, 5.74) is 3.26. The quantitative estimate of drug-likeness (QED) is 0.330. The second-order valence-electron chi connectivity index (χ2n) is 8.87. The molecule has 37 heavy (non-hydrogen) atoms. The smallest absolute Gasteiger partial charge is 0.264 e. The van der Waals surface area contributed by atoms with Crippen LogP contribution in [-0.2, 0) is 19.1 Å². The zero-order valence-electron chi connectivity index (χ0n) is 21.0. The molecule has 0 aromatic heterocycles. The Balaban J connectivity index is 1.17. The Morgan fingerprint density at radius 2 is 1.65 bits per heavy atom. The first-order valence-corrected chi connectivity index (χ1v) is 12.3. The van der Waals surface area contributed by atoms with Crippen molar-refractivity contribution in [2.24, 2.45) is 0 Å². The molecule has 2 heterocycles. The molecule has 4 amide bonds. The molecule has 0 spiro atoms. The number of piperidine rings is 1. The maximum atomic E-state index is 13.1. The third kappa shape index (κ3) is 5.98. The number of nitrogens with one attached hydrogen (secondary N) is 2. The molecule has 2 aromatic carbocycles. The zero-order valence-corrected chi connectivity index (χ0v) is 21.0. The Kier molecular flexibility index (Phi) is 8.52. The first-order valence-electron chi connectivity index (χ1n) is 12.3. The number of imide groups is 2. The Bertz CT molecular complexity index is 1200. The largest absolute Gasteiger partial charge is 0.491 e. The first-order chi connectivity index (χ1) is 17.9. The van der Waals surface area contributed by atoms with Crippen LogP contribution in [0.5, 0.6) is 5.75 Å². The lowest BCUT2D eigenvalue weighted by molar-refractivity contribution is -0.136. The lowest BCUT2D eigenvalue weighted by Gasteiger charge is -2.27. The van der Waals surface area contributed by atoms with Crippen molar-refractivity contribution in [3.8, 4) is 5.75 Å². The average molecular weight is 510 g/mol. The predicted molar refractivity (Wildman–Crippen MR) is 135 cm³/mol. The Morgan fingerprint density at radius 3 is 2.43 bits per heavy atom. The molecule has 1 fully saturated rings. The van der Waals surface area contributed by atoms with E-state index in [2.05, 4.69) is 10.6 Å². The van der Waals surface area contributed by atoms with Gasteiger partial charge >= 0.3 is 0 Å². The first kappa shape index (κ1) is 26.3. The van der Waals surface area contributed by atoms with Gasteiger partial charge in [0.1, 0.15) is 18.4 Å². The third-order valence-corrected chi connectivity index (χ3v) is 6.44. The van der Waals surface area contributed by atoms with Crippen LogP contribution in [0.1, 0.15) is 44.7 Å². The highest BCUT2D eigenvalue weighted by Gasteiger charge is 2.45. The summed E-state index contributed by atoms with van der Waals surface area (Å²) in [6.07, 6.45) is 0.196. The van der Waals surface area contributed by atoms with Gasteiger partial charge in [0, 0.05) is 18.7 Å².